The summed E-state index contributed by atoms with van der Waals surface area (Å²) in [5.74, 6) is -2.07. The van der Waals surface area contributed by atoms with Gasteiger partial charge in [0.05, 0.1) is 0 Å². The van der Waals surface area contributed by atoms with Gasteiger partial charge in [0.1, 0.15) is 0 Å². The van der Waals surface area contributed by atoms with Crippen molar-refractivity contribution < 1.29 is 13.6 Å². The molecule has 0 spiro atoms. The highest BCUT2D eigenvalue weighted by atomic mass is 79.9. The zero-order chi connectivity index (χ0) is 13.1. The van der Waals surface area contributed by atoms with E-state index in [1.807, 2.05) is 0 Å². The van der Waals surface area contributed by atoms with Gasteiger partial charge in [0.25, 0.3) is 0 Å². The number of hydrogen-bond donors (Lipinski definition) is 0. The molecule has 0 saturated carbocycles. The maximum Gasteiger partial charge on any atom is 0.168 e. The first-order valence-corrected chi connectivity index (χ1v) is 5.93. The number of nitrogens with zero attached hydrogens (tertiary/aromatic N) is 1. The second-order valence-electron chi connectivity index (χ2n) is 3.74. The van der Waals surface area contributed by atoms with E-state index >= 15 is 0 Å². The minimum atomic E-state index is -0.951. The Labute approximate surface area is 111 Å². The molecule has 0 atom stereocenters. The van der Waals surface area contributed by atoms with Crippen LogP contribution in [0.2, 0.25) is 0 Å². The lowest BCUT2D eigenvalue weighted by Crippen LogP contribution is -2.04. The molecule has 1 heterocycles. The smallest absolute Gasteiger partial charge is 0.168 e. The first-order valence-electron chi connectivity index (χ1n) is 5.14. The van der Waals surface area contributed by atoms with Crippen LogP contribution >= 0.6 is 15.9 Å². The van der Waals surface area contributed by atoms with Gasteiger partial charge in [-0.1, -0.05) is 6.07 Å². The predicted octanol–water partition coefficient (Wildman–Crippen LogP) is 3.55. The minimum Gasteiger partial charge on any atom is -0.294 e. The van der Waals surface area contributed by atoms with E-state index in [-0.39, 0.29) is 12.2 Å². The highest BCUT2D eigenvalue weighted by Gasteiger charge is 2.10. The van der Waals surface area contributed by atoms with Crippen molar-refractivity contribution in [2.45, 2.75) is 6.42 Å². The topological polar surface area (TPSA) is 30.0 Å². The summed E-state index contributed by atoms with van der Waals surface area (Å²) in [4.78, 5) is 15.8. The number of Topliss-reactive ketones (excluding diaryl/α,β-unsaturated/α-hetero) is 1. The van der Waals surface area contributed by atoms with Crippen LogP contribution in [0.15, 0.2) is 41.1 Å². The van der Waals surface area contributed by atoms with E-state index < -0.39 is 11.6 Å². The molecule has 1 aromatic carbocycles. The van der Waals surface area contributed by atoms with E-state index in [1.54, 1.807) is 12.3 Å². The van der Waals surface area contributed by atoms with Gasteiger partial charge < -0.3 is 0 Å². The van der Waals surface area contributed by atoms with Crippen molar-refractivity contribution in [1.29, 1.82) is 0 Å². The lowest BCUT2D eigenvalue weighted by atomic mass is 10.0. The molecule has 2 aromatic rings. The largest absolute Gasteiger partial charge is 0.294 e. The van der Waals surface area contributed by atoms with Gasteiger partial charge in [0, 0.05) is 28.9 Å². The van der Waals surface area contributed by atoms with Crippen molar-refractivity contribution in [3.8, 4) is 0 Å². The monoisotopic (exact) mass is 311 g/mol. The van der Waals surface area contributed by atoms with E-state index in [0.717, 1.165) is 12.1 Å². The van der Waals surface area contributed by atoms with E-state index in [0.29, 0.717) is 15.6 Å². The van der Waals surface area contributed by atoms with Crippen LogP contribution in [0, 0.1) is 11.6 Å². The summed E-state index contributed by atoms with van der Waals surface area (Å²) in [6.45, 7) is 0. The number of rotatable bonds is 3. The number of pyridine rings is 1. The standard InChI is InChI=1S/C13H8BrF2NO/c14-10-5-9(6-17-7-10)13(18)4-8-1-2-11(15)12(16)3-8/h1-3,5-7H,4H2. The highest BCUT2D eigenvalue weighted by Crippen LogP contribution is 2.14. The molecular weight excluding hydrogens is 304 g/mol. The van der Waals surface area contributed by atoms with Gasteiger partial charge in [-0.25, -0.2) is 8.78 Å². The number of halogens is 3. The molecule has 0 aliphatic heterocycles. The summed E-state index contributed by atoms with van der Waals surface area (Å²) < 4.78 is 26.4. The van der Waals surface area contributed by atoms with Gasteiger partial charge in [0.2, 0.25) is 0 Å². The number of carbonyl (C=O) groups excluding carboxylic acids is 1. The molecule has 0 fully saturated rings. The van der Waals surface area contributed by atoms with Crippen molar-refractivity contribution in [2.24, 2.45) is 0 Å². The lowest BCUT2D eigenvalue weighted by molar-refractivity contribution is 0.0992. The molecule has 0 unspecified atom stereocenters. The Morgan fingerprint density at radius 1 is 1.17 bits per heavy atom. The third-order valence-electron chi connectivity index (χ3n) is 2.38. The van der Waals surface area contributed by atoms with Gasteiger partial charge >= 0.3 is 0 Å². The molecule has 0 aliphatic carbocycles. The zero-order valence-electron chi connectivity index (χ0n) is 9.16. The molecular formula is C13H8BrF2NO. The van der Waals surface area contributed by atoms with Crippen LogP contribution in [-0.2, 0) is 6.42 Å². The fourth-order valence-electron chi connectivity index (χ4n) is 1.50. The summed E-state index contributed by atoms with van der Waals surface area (Å²) in [6, 6.07) is 5.06. The van der Waals surface area contributed by atoms with E-state index in [9.17, 15) is 13.6 Å². The zero-order valence-corrected chi connectivity index (χ0v) is 10.7. The Morgan fingerprint density at radius 2 is 1.94 bits per heavy atom. The molecule has 0 aliphatic rings. The average Bonchev–Trinajstić information content (AvgIpc) is 2.34. The first kappa shape index (κ1) is 12.8. The molecule has 0 amide bonds. The molecule has 0 saturated heterocycles. The first-order chi connectivity index (χ1) is 8.56. The quantitative estimate of drug-likeness (QED) is 0.811. The van der Waals surface area contributed by atoms with Gasteiger partial charge in [0.15, 0.2) is 17.4 Å². The van der Waals surface area contributed by atoms with Gasteiger partial charge in [-0.15, -0.1) is 0 Å². The van der Waals surface area contributed by atoms with Crippen LogP contribution in [0.25, 0.3) is 0 Å². The average molecular weight is 312 g/mol. The van der Waals surface area contributed by atoms with Crippen LogP contribution in [0.3, 0.4) is 0 Å². The van der Waals surface area contributed by atoms with Crippen molar-refractivity contribution in [3.63, 3.8) is 0 Å². The van der Waals surface area contributed by atoms with Crippen molar-refractivity contribution in [3.05, 3.63) is 63.9 Å². The Kier molecular flexibility index (Phi) is 3.81. The fraction of sp³-hybridized carbons (Fsp3) is 0.0769. The number of aromatic nitrogens is 1. The summed E-state index contributed by atoms with van der Waals surface area (Å²) in [5, 5.41) is 0. The summed E-state index contributed by atoms with van der Waals surface area (Å²) in [5.41, 5.74) is 0.855. The third kappa shape index (κ3) is 2.98. The molecule has 18 heavy (non-hydrogen) atoms. The Hall–Kier alpha value is -1.62. The second-order valence-corrected chi connectivity index (χ2v) is 4.66. The molecule has 2 nitrogen and oxygen atoms in total. The fourth-order valence-corrected chi connectivity index (χ4v) is 1.87. The van der Waals surface area contributed by atoms with Crippen LogP contribution in [0.4, 0.5) is 8.78 Å². The maximum absolute atomic E-state index is 13.0. The molecule has 0 N–H and O–H groups in total. The normalized spacial score (nSPS) is 10.4. The number of benzene rings is 1. The Morgan fingerprint density at radius 3 is 2.61 bits per heavy atom. The summed E-state index contributed by atoms with van der Waals surface area (Å²) >= 11 is 3.21. The molecule has 1 aromatic heterocycles. The number of carbonyl (C=O) groups is 1. The Bertz CT molecular complexity index is 601. The summed E-state index contributed by atoms with van der Waals surface area (Å²) in [6.07, 6.45) is 3.01. The van der Waals surface area contributed by atoms with Crippen LogP contribution in [0.1, 0.15) is 15.9 Å². The van der Waals surface area contributed by atoms with Crippen LogP contribution in [-0.4, -0.2) is 10.8 Å². The third-order valence-corrected chi connectivity index (χ3v) is 2.81. The van der Waals surface area contributed by atoms with E-state index in [2.05, 4.69) is 20.9 Å². The molecule has 0 radical (unpaired) electrons. The molecule has 0 bridgehead atoms. The van der Waals surface area contributed by atoms with E-state index in [1.165, 1.54) is 12.3 Å². The van der Waals surface area contributed by atoms with Gasteiger partial charge in [-0.2, -0.15) is 0 Å². The maximum atomic E-state index is 13.0. The van der Waals surface area contributed by atoms with Crippen molar-refractivity contribution >= 4 is 21.7 Å². The Balaban J connectivity index is 2.18. The predicted molar refractivity (Wildman–Crippen MR) is 66.3 cm³/mol. The number of hydrogen-bond acceptors (Lipinski definition) is 2. The van der Waals surface area contributed by atoms with E-state index in [4.69, 9.17) is 0 Å². The molecule has 5 heteroatoms. The van der Waals surface area contributed by atoms with Gasteiger partial charge in [-0.3, -0.25) is 9.78 Å². The minimum absolute atomic E-state index is 0.00926. The molecule has 2 rings (SSSR count). The number of ketones is 1. The van der Waals surface area contributed by atoms with Crippen LogP contribution in [0.5, 0.6) is 0 Å². The second kappa shape index (κ2) is 5.35. The molecule has 92 valence electrons. The lowest BCUT2D eigenvalue weighted by Gasteiger charge is -2.02. The van der Waals surface area contributed by atoms with Gasteiger partial charge in [-0.05, 0) is 39.7 Å². The van der Waals surface area contributed by atoms with Crippen molar-refractivity contribution in [2.75, 3.05) is 0 Å². The highest BCUT2D eigenvalue weighted by molar-refractivity contribution is 9.10. The SMILES string of the molecule is O=C(Cc1ccc(F)c(F)c1)c1cncc(Br)c1. The summed E-state index contributed by atoms with van der Waals surface area (Å²) in [7, 11) is 0. The van der Waals surface area contributed by atoms with Crippen LogP contribution < -0.4 is 0 Å². The van der Waals surface area contributed by atoms with Crippen molar-refractivity contribution in [1.82, 2.24) is 4.98 Å².